The van der Waals surface area contributed by atoms with Crippen LogP contribution in [0.2, 0.25) is 0 Å². The number of carbonyl (C=O) groups excluding carboxylic acids is 2. The molecule has 24 heavy (non-hydrogen) atoms. The highest BCUT2D eigenvalue weighted by molar-refractivity contribution is 9.10. The van der Waals surface area contributed by atoms with Crippen molar-refractivity contribution in [1.82, 2.24) is 10.7 Å². The third-order valence-corrected chi connectivity index (χ3v) is 3.20. The van der Waals surface area contributed by atoms with E-state index in [0.717, 1.165) is 0 Å². The Hall–Kier alpha value is -2.09. The van der Waals surface area contributed by atoms with Crippen LogP contribution in [0.15, 0.2) is 21.7 Å². The molecule has 1 aromatic carbocycles. The highest BCUT2D eigenvalue weighted by atomic mass is 79.9. The molecule has 0 saturated heterocycles. The largest absolute Gasteiger partial charge is 0.493 e. The predicted molar refractivity (Wildman–Crippen MR) is 95.5 cm³/mol. The molecule has 1 rings (SSSR count). The summed E-state index contributed by atoms with van der Waals surface area (Å²) in [5.41, 5.74) is 2.84. The van der Waals surface area contributed by atoms with Crippen LogP contribution in [0.3, 0.4) is 0 Å². The molecule has 0 spiro atoms. The first-order valence-corrected chi connectivity index (χ1v) is 8.22. The van der Waals surface area contributed by atoms with Gasteiger partial charge in [-0.25, -0.2) is 5.43 Å². The maximum Gasteiger partial charge on any atom is 0.329 e. The van der Waals surface area contributed by atoms with E-state index in [1.54, 1.807) is 26.0 Å². The lowest BCUT2D eigenvalue weighted by Gasteiger charge is -2.15. The Labute approximate surface area is 149 Å². The molecular weight excluding hydrogens is 378 g/mol. The minimum absolute atomic E-state index is 0.00604. The number of halogens is 1. The van der Waals surface area contributed by atoms with E-state index in [1.165, 1.54) is 13.3 Å². The summed E-state index contributed by atoms with van der Waals surface area (Å²) in [7, 11) is 1.54. The number of nitrogens with zero attached hydrogens (tertiary/aromatic N) is 1. The van der Waals surface area contributed by atoms with Crippen molar-refractivity contribution in [2.75, 3.05) is 7.11 Å². The number of hydrogen-bond acceptors (Lipinski definition) is 5. The summed E-state index contributed by atoms with van der Waals surface area (Å²) in [4.78, 5) is 23.0. The molecule has 8 heteroatoms. The van der Waals surface area contributed by atoms with Gasteiger partial charge >= 0.3 is 11.8 Å². The molecule has 2 amide bonds. The summed E-state index contributed by atoms with van der Waals surface area (Å²) >= 11 is 3.42. The summed E-state index contributed by atoms with van der Waals surface area (Å²) in [5, 5.41) is 6.25. The van der Waals surface area contributed by atoms with E-state index in [9.17, 15) is 9.59 Å². The second-order valence-corrected chi connectivity index (χ2v) is 6.38. The Morgan fingerprint density at radius 2 is 1.88 bits per heavy atom. The maximum absolute atomic E-state index is 11.5. The first kappa shape index (κ1) is 20.0. The molecule has 0 aliphatic heterocycles. The van der Waals surface area contributed by atoms with Crippen LogP contribution in [-0.4, -0.2) is 37.3 Å². The minimum atomic E-state index is -0.828. The number of carbonyl (C=O) groups is 2. The summed E-state index contributed by atoms with van der Waals surface area (Å²) < 4.78 is 11.7. The monoisotopic (exact) mass is 399 g/mol. The Kier molecular flexibility index (Phi) is 7.70. The number of hydrogen-bond donors (Lipinski definition) is 2. The van der Waals surface area contributed by atoms with Crippen molar-refractivity contribution in [2.24, 2.45) is 5.10 Å². The van der Waals surface area contributed by atoms with Crippen molar-refractivity contribution in [3.8, 4) is 11.5 Å². The van der Waals surface area contributed by atoms with Crippen LogP contribution in [0.4, 0.5) is 0 Å². The molecule has 2 N–H and O–H groups in total. The van der Waals surface area contributed by atoms with E-state index in [0.29, 0.717) is 21.5 Å². The summed E-state index contributed by atoms with van der Waals surface area (Å²) in [6.45, 7) is 7.36. The summed E-state index contributed by atoms with van der Waals surface area (Å²) in [6.07, 6.45) is 1.40. The van der Waals surface area contributed by atoms with Gasteiger partial charge in [0, 0.05) is 6.04 Å². The van der Waals surface area contributed by atoms with Crippen LogP contribution in [-0.2, 0) is 9.59 Å². The lowest BCUT2D eigenvalue weighted by atomic mass is 10.2. The van der Waals surface area contributed by atoms with Gasteiger partial charge in [-0.05, 0) is 61.3 Å². The average molecular weight is 400 g/mol. The zero-order valence-corrected chi connectivity index (χ0v) is 15.9. The first-order valence-electron chi connectivity index (χ1n) is 7.42. The highest BCUT2D eigenvalue weighted by Gasteiger charge is 2.14. The summed E-state index contributed by atoms with van der Waals surface area (Å²) in [6, 6.07) is 3.36. The van der Waals surface area contributed by atoms with E-state index in [4.69, 9.17) is 9.47 Å². The number of hydrazone groups is 1. The number of nitrogens with one attached hydrogen (secondary N) is 2. The van der Waals surface area contributed by atoms with Crippen LogP contribution in [0.5, 0.6) is 11.5 Å². The second kappa shape index (κ2) is 9.27. The zero-order chi connectivity index (χ0) is 18.3. The van der Waals surface area contributed by atoms with Crippen molar-refractivity contribution in [2.45, 2.75) is 39.8 Å². The topological polar surface area (TPSA) is 89.0 Å². The SMILES string of the molecule is COc1cc(/C=N\NC(=O)C(=O)NC(C)C)cc(Br)c1OC(C)C. The smallest absolute Gasteiger partial charge is 0.329 e. The first-order chi connectivity index (χ1) is 11.2. The van der Waals surface area contributed by atoms with Crippen molar-refractivity contribution in [3.63, 3.8) is 0 Å². The van der Waals surface area contributed by atoms with Gasteiger partial charge in [0.1, 0.15) is 0 Å². The van der Waals surface area contributed by atoms with E-state index < -0.39 is 11.8 Å². The normalized spacial score (nSPS) is 11.0. The second-order valence-electron chi connectivity index (χ2n) is 5.53. The van der Waals surface area contributed by atoms with Crippen LogP contribution >= 0.6 is 15.9 Å². The fraction of sp³-hybridized carbons (Fsp3) is 0.438. The van der Waals surface area contributed by atoms with Gasteiger partial charge in [-0.15, -0.1) is 0 Å². The molecule has 0 aliphatic rings. The van der Waals surface area contributed by atoms with Gasteiger partial charge in [-0.1, -0.05) is 0 Å². The molecule has 1 aromatic rings. The van der Waals surface area contributed by atoms with E-state index >= 15 is 0 Å². The van der Waals surface area contributed by atoms with Gasteiger partial charge in [-0.3, -0.25) is 9.59 Å². The molecule has 0 atom stereocenters. The maximum atomic E-state index is 11.5. The van der Waals surface area contributed by atoms with E-state index in [2.05, 4.69) is 31.8 Å². The van der Waals surface area contributed by atoms with Crippen molar-refractivity contribution in [1.29, 1.82) is 0 Å². The number of amides is 2. The molecule has 7 nitrogen and oxygen atoms in total. The van der Waals surface area contributed by atoms with Crippen molar-refractivity contribution in [3.05, 3.63) is 22.2 Å². The number of rotatable bonds is 6. The molecule has 0 unspecified atom stereocenters. The number of benzene rings is 1. The Balaban J connectivity index is 2.83. The van der Waals surface area contributed by atoms with Crippen molar-refractivity contribution < 1.29 is 19.1 Å². The zero-order valence-electron chi connectivity index (χ0n) is 14.3. The Bertz CT molecular complexity index is 630. The molecule has 132 valence electrons. The van der Waals surface area contributed by atoms with Crippen molar-refractivity contribution >= 4 is 34.0 Å². The van der Waals surface area contributed by atoms with E-state index in [1.807, 2.05) is 13.8 Å². The lowest BCUT2D eigenvalue weighted by Crippen LogP contribution is -2.41. The molecule has 0 saturated carbocycles. The fourth-order valence-corrected chi connectivity index (χ4v) is 2.26. The minimum Gasteiger partial charge on any atom is -0.493 e. The molecule has 0 radical (unpaired) electrons. The number of methoxy groups -OCH3 is 1. The van der Waals surface area contributed by atoms with E-state index in [-0.39, 0.29) is 12.1 Å². The molecule has 0 heterocycles. The highest BCUT2D eigenvalue weighted by Crippen LogP contribution is 2.36. The van der Waals surface area contributed by atoms with Gasteiger partial charge in [0.25, 0.3) is 0 Å². The molecule has 0 fully saturated rings. The molecular formula is C16H22BrN3O4. The molecule has 0 aliphatic carbocycles. The molecule has 0 bridgehead atoms. The quantitative estimate of drug-likeness (QED) is 0.436. The van der Waals surface area contributed by atoms with Crippen LogP contribution in [0.25, 0.3) is 0 Å². The third-order valence-electron chi connectivity index (χ3n) is 2.61. The van der Waals surface area contributed by atoms with Crippen LogP contribution in [0.1, 0.15) is 33.3 Å². The molecule has 0 aromatic heterocycles. The van der Waals surface area contributed by atoms with Gasteiger partial charge in [-0.2, -0.15) is 5.10 Å². The lowest BCUT2D eigenvalue weighted by molar-refractivity contribution is -0.139. The Morgan fingerprint density at radius 1 is 1.21 bits per heavy atom. The average Bonchev–Trinajstić information content (AvgIpc) is 2.48. The summed E-state index contributed by atoms with van der Waals surface area (Å²) in [5.74, 6) is -0.444. The standard InChI is InChI=1S/C16H22BrN3O4/c1-9(2)19-15(21)16(22)20-18-8-11-6-12(17)14(24-10(3)4)13(7-11)23-5/h6-10H,1-5H3,(H,19,21)(H,20,22)/b18-8-. The van der Waals surface area contributed by atoms with Crippen LogP contribution in [0, 0.1) is 0 Å². The van der Waals surface area contributed by atoms with Gasteiger partial charge < -0.3 is 14.8 Å². The predicted octanol–water partition coefficient (Wildman–Crippen LogP) is 2.22. The van der Waals surface area contributed by atoms with Crippen LogP contribution < -0.4 is 20.2 Å². The Morgan fingerprint density at radius 3 is 2.42 bits per heavy atom. The third kappa shape index (κ3) is 6.19. The van der Waals surface area contributed by atoms with Gasteiger partial charge in [0.15, 0.2) is 11.5 Å². The van der Waals surface area contributed by atoms with Gasteiger partial charge in [0.2, 0.25) is 0 Å². The number of ether oxygens (including phenoxy) is 2. The van der Waals surface area contributed by atoms with Gasteiger partial charge in [0.05, 0.1) is 23.9 Å². The fourth-order valence-electron chi connectivity index (χ4n) is 1.71.